The van der Waals surface area contributed by atoms with E-state index in [2.05, 4.69) is 0 Å². The predicted octanol–water partition coefficient (Wildman–Crippen LogP) is 2.39. The molecule has 0 saturated heterocycles. The van der Waals surface area contributed by atoms with Gasteiger partial charge in [-0.2, -0.15) is 0 Å². The van der Waals surface area contributed by atoms with Gasteiger partial charge < -0.3 is 4.55 Å². The third kappa shape index (κ3) is 1.45. The van der Waals surface area contributed by atoms with Gasteiger partial charge in [-0.1, -0.05) is 30.3 Å². The third-order valence-corrected chi connectivity index (χ3v) is 3.13. The van der Waals surface area contributed by atoms with Gasteiger partial charge in [-0.25, -0.2) is 0 Å². The van der Waals surface area contributed by atoms with Crippen molar-refractivity contribution in [2.75, 3.05) is 0 Å². The zero-order valence-electron chi connectivity index (χ0n) is 7.69. The lowest BCUT2D eigenvalue weighted by atomic mass is 10.1. The standard InChI is InChI=1S/C11H10O2S/c1-8-10-5-3-2-4-9(10)6-7-11(8)14(12)13/h2-7H,1H3,(H,12,13)/p-1. The maximum absolute atomic E-state index is 10.9. The van der Waals surface area contributed by atoms with Crippen molar-refractivity contribution >= 4 is 21.9 Å². The quantitative estimate of drug-likeness (QED) is 0.670. The van der Waals surface area contributed by atoms with Crippen molar-refractivity contribution in [1.29, 1.82) is 0 Å². The van der Waals surface area contributed by atoms with Gasteiger partial charge in [0.1, 0.15) is 0 Å². The summed E-state index contributed by atoms with van der Waals surface area (Å²) in [4.78, 5) is 0.378. The summed E-state index contributed by atoms with van der Waals surface area (Å²) >= 11 is -2.15. The lowest BCUT2D eigenvalue weighted by Crippen LogP contribution is -1.93. The van der Waals surface area contributed by atoms with Crippen molar-refractivity contribution in [1.82, 2.24) is 0 Å². The Morgan fingerprint density at radius 2 is 1.86 bits per heavy atom. The third-order valence-electron chi connectivity index (χ3n) is 2.33. The van der Waals surface area contributed by atoms with Gasteiger partial charge >= 0.3 is 0 Å². The average molecular weight is 205 g/mol. The van der Waals surface area contributed by atoms with Crippen LogP contribution < -0.4 is 0 Å². The number of hydrogen-bond acceptors (Lipinski definition) is 2. The summed E-state index contributed by atoms with van der Waals surface area (Å²) in [5, 5.41) is 2.06. The van der Waals surface area contributed by atoms with Crippen LogP contribution in [-0.2, 0) is 11.1 Å². The first-order valence-corrected chi connectivity index (χ1v) is 5.35. The summed E-state index contributed by atoms with van der Waals surface area (Å²) in [5.41, 5.74) is 0.816. The van der Waals surface area contributed by atoms with Gasteiger partial charge in [0.05, 0.1) is 0 Å². The molecular formula is C11H9O2S-. The summed E-state index contributed by atoms with van der Waals surface area (Å²) in [7, 11) is 0. The Hall–Kier alpha value is -1.19. The van der Waals surface area contributed by atoms with E-state index >= 15 is 0 Å². The monoisotopic (exact) mass is 205 g/mol. The van der Waals surface area contributed by atoms with E-state index in [0.29, 0.717) is 4.90 Å². The van der Waals surface area contributed by atoms with Crippen LogP contribution in [0.5, 0.6) is 0 Å². The Balaban J connectivity index is 2.81. The first kappa shape index (κ1) is 9.37. The van der Waals surface area contributed by atoms with Crippen molar-refractivity contribution in [3.63, 3.8) is 0 Å². The van der Waals surface area contributed by atoms with Gasteiger partial charge in [-0.05, 0) is 40.4 Å². The Bertz CT molecular complexity index is 506. The molecule has 0 amide bonds. The summed E-state index contributed by atoms with van der Waals surface area (Å²) in [6.45, 7) is 1.83. The Morgan fingerprint density at radius 1 is 1.14 bits per heavy atom. The maximum atomic E-state index is 10.9. The molecule has 0 N–H and O–H groups in total. The van der Waals surface area contributed by atoms with E-state index in [1.54, 1.807) is 6.07 Å². The molecule has 3 heteroatoms. The largest absolute Gasteiger partial charge is 0.768 e. The molecule has 0 radical (unpaired) electrons. The molecule has 0 bridgehead atoms. The minimum absolute atomic E-state index is 0.378. The average Bonchev–Trinajstić information content (AvgIpc) is 2.18. The van der Waals surface area contributed by atoms with Crippen molar-refractivity contribution in [2.45, 2.75) is 11.8 Å². The van der Waals surface area contributed by atoms with Crippen molar-refractivity contribution in [2.24, 2.45) is 0 Å². The molecule has 2 aromatic rings. The number of hydrogen-bond donors (Lipinski definition) is 0. The normalized spacial score (nSPS) is 13.0. The molecule has 2 nitrogen and oxygen atoms in total. The second kappa shape index (κ2) is 3.52. The highest BCUT2D eigenvalue weighted by Crippen LogP contribution is 2.23. The number of fused-ring (bicyclic) bond motifs is 1. The van der Waals surface area contributed by atoms with Crippen LogP contribution in [0.3, 0.4) is 0 Å². The second-order valence-electron chi connectivity index (χ2n) is 3.14. The lowest BCUT2D eigenvalue weighted by Gasteiger charge is -2.11. The Morgan fingerprint density at radius 3 is 2.57 bits per heavy atom. The smallest absolute Gasteiger partial charge is 0.0284 e. The van der Waals surface area contributed by atoms with Crippen LogP contribution in [0.15, 0.2) is 41.3 Å². The van der Waals surface area contributed by atoms with Crippen LogP contribution in [0.4, 0.5) is 0 Å². The molecular weight excluding hydrogens is 196 g/mol. The molecule has 0 saturated carbocycles. The number of aryl methyl sites for hydroxylation is 1. The Labute approximate surface area is 84.9 Å². The van der Waals surface area contributed by atoms with Gasteiger partial charge in [0.2, 0.25) is 0 Å². The zero-order chi connectivity index (χ0) is 10.1. The van der Waals surface area contributed by atoms with Gasteiger partial charge in [-0.15, -0.1) is 0 Å². The molecule has 0 aliphatic carbocycles. The number of benzene rings is 2. The number of rotatable bonds is 1. The van der Waals surface area contributed by atoms with Gasteiger partial charge in [-0.3, -0.25) is 4.21 Å². The summed E-state index contributed by atoms with van der Waals surface area (Å²) < 4.78 is 21.7. The van der Waals surface area contributed by atoms with E-state index in [0.717, 1.165) is 16.3 Å². The molecule has 0 aliphatic rings. The zero-order valence-corrected chi connectivity index (χ0v) is 8.51. The topological polar surface area (TPSA) is 40.1 Å². The lowest BCUT2D eigenvalue weighted by molar-refractivity contribution is 0.536. The highest BCUT2D eigenvalue weighted by molar-refractivity contribution is 7.79. The SMILES string of the molecule is Cc1c(S(=O)[O-])ccc2ccccc12. The van der Waals surface area contributed by atoms with Crippen molar-refractivity contribution in [3.8, 4) is 0 Å². The maximum Gasteiger partial charge on any atom is 0.0284 e. The molecule has 0 aromatic heterocycles. The first-order chi connectivity index (χ1) is 6.70. The highest BCUT2D eigenvalue weighted by atomic mass is 32.2. The summed E-state index contributed by atoms with van der Waals surface area (Å²) in [6, 6.07) is 11.2. The van der Waals surface area contributed by atoms with E-state index in [1.807, 2.05) is 37.3 Å². The Kier molecular flexibility index (Phi) is 2.35. The molecule has 2 aromatic carbocycles. The molecule has 72 valence electrons. The second-order valence-corrected chi connectivity index (χ2v) is 4.05. The van der Waals surface area contributed by atoms with Crippen LogP contribution in [0.1, 0.15) is 5.56 Å². The first-order valence-electron chi connectivity index (χ1n) is 4.28. The van der Waals surface area contributed by atoms with Crippen LogP contribution in [-0.4, -0.2) is 8.76 Å². The summed E-state index contributed by atoms with van der Waals surface area (Å²) in [5.74, 6) is 0. The van der Waals surface area contributed by atoms with Crippen LogP contribution >= 0.6 is 0 Å². The highest BCUT2D eigenvalue weighted by Gasteiger charge is 2.02. The molecule has 0 heterocycles. The van der Waals surface area contributed by atoms with E-state index in [9.17, 15) is 8.76 Å². The van der Waals surface area contributed by atoms with Crippen LogP contribution in [0.2, 0.25) is 0 Å². The van der Waals surface area contributed by atoms with E-state index in [-0.39, 0.29) is 0 Å². The van der Waals surface area contributed by atoms with Crippen molar-refractivity contribution in [3.05, 3.63) is 42.0 Å². The molecule has 1 atom stereocenters. The van der Waals surface area contributed by atoms with Crippen molar-refractivity contribution < 1.29 is 8.76 Å². The summed E-state index contributed by atoms with van der Waals surface area (Å²) in [6.07, 6.45) is 0. The van der Waals surface area contributed by atoms with E-state index in [1.165, 1.54) is 0 Å². The van der Waals surface area contributed by atoms with E-state index < -0.39 is 11.1 Å². The van der Waals surface area contributed by atoms with Gasteiger partial charge in [0.25, 0.3) is 0 Å². The molecule has 0 spiro atoms. The van der Waals surface area contributed by atoms with Gasteiger partial charge in [0, 0.05) is 4.90 Å². The van der Waals surface area contributed by atoms with Crippen LogP contribution in [0.25, 0.3) is 10.8 Å². The molecule has 0 fully saturated rings. The molecule has 2 rings (SSSR count). The predicted molar refractivity (Wildman–Crippen MR) is 55.9 cm³/mol. The van der Waals surface area contributed by atoms with E-state index in [4.69, 9.17) is 0 Å². The molecule has 0 aliphatic heterocycles. The fourth-order valence-electron chi connectivity index (χ4n) is 1.59. The fraction of sp³-hybridized carbons (Fsp3) is 0.0909. The van der Waals surface area contributed by atoms with Gasteiger partial charge in [0.15, 0.2) is 0 Å². The minimum atomic E-state index is -2.15. The molecule has 1 unspecified atom stereocenters. The minimum Gasteiger partial charge on any atom is -0.768 e. The fourth-order valence-corrected chi connectivity index (χ4v) is 2.13. The molecule has 14 heavy (non-hydrogen) atoms. The van der Waals surface area contributed by atoms with Crippen LogP contribution in [0, 0.1) is 6.92 Å².